The van der Waals surface area contributed by atoms with Crippen molar-refractivity contribution in [3.63, 3.8) is 0 Å². The number of hydrogen-bond acceptors (Lipinski definition) is 5. The molecule has 0 fully saturated rings. The lowest BCUT2D eigenvalue weighted by molar-refractivity contribution is -0.385. The normalized spacial score (nSPS) is 11.0. The molecule has 2 aromatic rings. The molecule has 0 amide bonds. The number of nitro groups is 1. The van der Waals surface area contributed by atoms with Crippen LogP contribution in [-0.2, 0) is 4.79 Å². The third-order valence-electron chi connectivity index (χ3n) is 3.34. The first kappa shape index (κ1) is 17.0. The van der Waals surface area contributed by atoms with Crippen LogP contribution in [0.2, 0.25) is 0 Å². The number of aliphatic carboxylic acids is 1. The Bertz CT molecular complexity index is 798. The number of carbonyl (C=O) groups is 1. The van der Waals surface area contributed by atoms with E-state index in [9.17, 15) is 20.0 Å². The number of rotatable bonds is 6. The molecular formula is C17H15NO6. The molecular weight excluding hydrogens is 314 g/mol. The van der Waals surface area contributed by atoms with Gasteiger partial charge in [0.15, 0.2) is 11.5 Å². The van der Waals surface area contributed by atoms with Crippen molar-refractivity contribution in [2.45, 2.75) is 0 Å². The maximum Gasteiger partial charge on any atom is 0.336 e. The molecule has 0 heterocycles. The average Bonchev–Trinajstić information content (AvgIpc) is 2.59. The van der Waals surface area contributed by atoms with Gasteiger partial charge in [-0.1, -0.05) is 30.3 Å². The number of nitro benzene ring substituents is 1. The molecule has 0 aromatic heterocycles. The van der Waals surface area contributed by atoms with Gasteiger partial charge in [-0.3, -0.25) is 10.1 Å². The van der Waals surface area contributed by atoms with E-state index in [1.807, 2.05) is 0 Å². The lowest BCUT2D eigenvalue weighted by atomic mass is 10.0. The zero-order valence-corrected chi connectivity index (χ0v) is 13.1. The van der Waals surface area contributed by atoms with Crippen LogP contribution in [-0.4, -0.2) is 30.2 Å². The van der Waals surface area contributed by atoms with Crippen LogP contribution in [0.25, 0.3) is 11.6 Å². The third-order valence-corrected chi connectivity index (χ3v) is 3.34. The van der Waals surface area contributed by atoms with Crippen LogP contribution >= 0.6 is 0 Å². The van der Waals surface area contributed by atoms with Gasteiger partial charge in [0.05, 0.1) is 36.3 Å². The highest BCUT2D eigenvalue weighted by Gasteiger charge is 2.20. The number of benzene rings is 2. The summed E-state index contributed by atoms with van der Waals surface area (Å²) in [7, 11) is 2.76. The van der Waals surface area contributed by atoms with E-state index in [4.69, 9.17) is 9.47 Å². The minimum Gasteiger partial charge on any atom is -0.493 e. The number of ether oxygens (including phenoxy) is 2. The first-order chi connectivity index (χ1) is 11.5. The summed E-state index contributed by atoms with van der Waals surface area (Å²) in [5.74, 6) is -0.727. The molecule has 1 N–H and O–H groups in total. The first-order valence-electron chi connectivity index (χ1n) is 6.88. The van der Waals surface area contributed by atoms with Gasteiger partial charge in [-0.15, -0.1) is 0 Å². The molecule has 0 radical (unpaired) electrons. The van der Waals surface area contributed by atoms with E-state index in [0.29, 0.717) is 5.56 Å². The maximum atomic E-state index is 11.6. The van der Waals surface area contributed by atoms with Crippen molar-refractivity contribution >= 4 is 23.3 Å². The minimum atomic E-state index is -1.19. The van der Waals surface area contributed by atoms with Gasteiger partial charge in [-0.2, -0.15) is 0 Å². The van der Waals surface area contributed by atoms with Gasteiger partial charge in [-0.05, 0) is 17.7 Å². The molecule has 0 saturated heterocycles. The summed E-state index contributed by atoms with van der Waals surface area (Å²) in [6.45, 7) is 0. The van der Waals surface area contributed by atoms with E-state index in [-0.39, 0.29) is 28.3 Å². The first-order valence-corrected chi connectivity index (χ1v) is 6.88. The summed E-state index contributed by atoms with van der Waals surface area (Å²) < 4.78 is 10.2. The van der Waals surface area contributed by atoms with Gasteiger partial charge in [-0.25, -0.2) is 4.79 Å². The second kappa shape index (κ2) is 7.28. The van der Waals surface area contributed by atoms with Crippen LogP contribution in [0.15, 0.2) is 42.5 Å². The summed E-state index contributed by atoms with van der Waals surface area (Å²) in [4.78, 5) is 22.3. The van der Waals surface area contributed by atoms with Gasteiger partial charge in [0.2, 0.25) is 0 Å². The number of carboxylic acid groups (broad SMARTS) is 1. The van der Waals surface area contributed by atoms with Crippen molar-refractivity contribution in [3.05, 3.63) is 63.7 Å². The Balaban J connectivity index is 2.68. The zero-order valence-electron chi connectivity index (χ0n) is 13.1. The molecule has 7 heteroatoms. The van der Waals surface area contributed by atoms with Crippen LogP contribution in [0.4, 0.5) is 5.69 Å². The van der Waals surface area contributed by atoms with Crippen molar-refractivity contribution in [2.75, 3.05) is 14.2 Å². The fraction of sp³-hybridized carbons (Fsp3) is 0.118. The van der Waals surface area contributed by atoms with Gasteiger partial charge in [0, 0.05) is 0 Å². The highest BCUT2D eigenvalue weighted by Crippen LogP contribution is 2.36. The smallest absolute Gasteiger partial charge is 0.336 e. The monoisotopic (exact) mass is 329 g/mol. The summed E-state index contributed by atoms with van der Waals surface area (Å²) in [5.41, 5.74) is 0.209. The fourth-order valence-electron chi connectivity index (χ4n) is 2.20. The molecule has 0 spiro atoms. The highest BCUT2D eigenvalue weighted by molar-refractivity contribution is 6.21. The SMILES string of the molecule is COc1cc(/C=C(\C(=O)O)c2ccccc2)c([N+](=O)[O-])cc1OC. The zero-order chi connectivity index (χ0) is 17.7. The van der Waals surface area contributed by atoms with Crippen LogP contribution < -0.4 is 9.47 Å². The van der Waals surface area contributed by atoms with Gasteiger partial charge >= 0.3 is 5.97 Å². The van der Waals surface area contributed by atoms with E-state index in [1.54, 1.807) is 30.3 Å². The molecule has 124 valence electrons. The Kier molecular flexibility index (Phi) is 5.16. The lowest BCUT2D eigenvalue weighted by Gasteiger charge is -2.09. The number of nitrogens with zero attached hydrogens (tertiary/aromatic N) is 1. The lowest BCUT2D eigenvalue weighted by Crippen LogP contribution is -2.01. The van der Waals surface area contributed by atoms with E-state index >= 15 is 0 Å². The van der Waals surface area contributed by atoms with E-state index in [1.165, 1.54) is 32.4 Å². The summed E-state index contributed by atoms with van der Waals surface area (Å²) in [6.07, 6.45) is 1.25. The Morgan fingerprint density at radius 3 is 2.21 bits per heavy atom. The number of hydrogen-bond donors (Lipinski definition) is 1. The van der Waals surface area contributed by atoms with E-state index < -0.39 is 10.9 Å². The van der Waals surface area contributed by atoms with Crippen LogP contribution in [0.1, 0.15) is 11.1 Å². The molecule has 0 saturated carbocycles. The van der Waals surface area contributed by atoms with Gasteiger partial charge in [0.25, 0.3) is 5.69 Å². The summed E-state index contributed by atoms with van der Waals surface area (Å²) >= 11 is 0. The fourth-order valence-corrected chi connectivity index (χ4v) is 2.20. The molecule has 24 heavy (non-hydrogen) atoms. The highest BCUT2D eigenvalue weighted by atomic mass is 16.6. The predicted octanol–water partition coefficient (Wildman–Crippen LogP) is 3.24. The van der Waals surface area contributed by atoms with Crippen LogP contribution in [0, 0.1) is 10.1 Å². The Morgan fingerprint density at radius 2 is 1.71 bits per heavy atom. The van der Waals surface area contributed by atoms with Crippen molar-refractivity contribution < 1.29 is 24.3 Å². The van der Waals surface area contributed by atoms with Crippen LogP contribution in [0.3, 0.4) is 0 Å². The summed E-state index contributed by atoms with van der Waals surface area (Å²) in [6, 6.07) is 10.9. The van der Waals surface area contributed by atoms with E-state index in [0.717, 1.165) is 0 Å². The Morgan fingerprint density at radius 1 is 1.12 bits per heavy atom. The molecule has 2 aromatic carbocycles. The van der Waals surface area contributed by atoms with Gasteiger partial charge < -0.3 is 14.6 Å². The predicted molar refractivity (Wildman–Crippen MR) is 88.1 cm³/mol. The molecule has 0 aliphatic heterocycles. The molecule has 0 bridgehead atoms. The van der Waals surface area contributed by atoms with Crippen LogP contribution in [0.5, 0.6) is 11.5 Å². The average molecular weight is 329 g/mol. The molecule has 0 atom stereocenters. The van der Waals surface area contributed by atoms with E-state index in [2.05, 4.69) is 0 Å². The van der Waals surface area contributed by atoms with Crippen molar-refractivity contribution in [3.8, 4) is 11.5 Å². The van der Waals surface area contributed by atoms with Crippen molar-refractivity contribution in [2.24, 2.45) is 0 Å². The number of methoxy groups -OCH3 is 2. The quantitative estimate of drug-likeness (QED) is 0.378. The molecule has 0 aliphatic carbocycles. The minimum absolute atomic E-state index is 0.0640. The Hall–Kier alpha value is -3.35. The standard InChI is InChI=1S/C17H15NO6/c1-23-15-9-12(14(18(21)22)10-16(15)24-2)8-13(17(19)20)11-6-4-3-5-7-11/h3-10H,1-2H3,(H,19,20)/b13-8-. The maximum absolute atomic E-state index is 11.6. The summed E-state index contributed by atoms with van der Waals surface area (Å²) in [5, 5.41) is 20.8. The van der Waals surface area contributed by atoms with Gasteiger partial charge in [0.1, 0.15) is 0 Å². The molecule has 2 rings (SSSR count). The van der Waals surface area contributed by atoms with Crippen molar-refractivity contribution in [1.29, 1.82) is 0 Å². The molecule has 0 aliphatic rings. The van der Waals surface area contributed by atoms with Crippen molar-refractivity contribution in [1.82, 2.24) is 0 Å². The topological polar surface area (TPSA) is 98.9 Å². The largest absolute Gasteiger partial charge is 0.493 e. The molecule has 0 unspecified atom stereocenters. The third kappa shape index (κ3) is 3.52. The second-order valence-corrected chi connectivity index (χ2v) is 4.75. The number of carboxylic acids is 1. The second-order valence-electron chi connectivity index (χ2n) is 4.75. The molecule has 7 nitrogen and oxygen atoms in total. The Labute approximate surface area is 137 Å².